The zero-order valence-corrected chi connectivity index (χ0v) is 19.7. The second kappa shape index (κ2) is 12.4. The first-order valence-corrected chi connectivity index (χ1v) is 12.3. The standard InChI is InChI=1S/C25H32N2O4S/c1-3-30-21-12-11-19(17-22(21)31-4-2)13-14-26-25(29)20-9-5-6-10-23(20)32-18-24(28)27-15-7-8-16-27/h5-6,9-12,17H,3-4,7-8,13-16,18H2,1-2H3,(H,26,29). The van der Waals surface area contributed by atoms with Crippen LogP contribution in [0.1, 0.15) is 42.6 Å². The normalized spacial score (nSPS) is 13.1. The molecule has 0 saturated carbocycles. The van der Waals surface area contributed by atoms with E-state index < -0.39 is 0 Å². The predicted molar refractivity (Wildman–Crippen MR) is 128 cm³/mol. The first-order valence-electron chi connectivity index (χ1n) is 11.3. The van der Waals surface area contributed by atoms with Gasteiger partial charge in [0.25, 0.3) is 5.91 Å². The van der Waals surface area contributed by atoms with Gasteiger partial charge in [0.2, 0.25) is 5.91 Å². The number of thioether (sulfide) groups is 1. The van der Waals surface area contributed by atoms with Crippen LogP contribution in [0.5, 0.6) is 11.5 Å². The van der Waals surface area contributed by atoms with E-state index in [0.717, 1.165) is 47.9 Å². The van der Waals surface area contributed by atoms with E-state index in [2.05, 4.69) is 5.32 Å². The van der Waals surface area contributed by atoms with E-state index in [1.807, 2.05) is 61.2 Å². The highest BCUT2D eigenvalue weighted by atomic mass is 32.2. The molecule has 1 heterocycles. The summed E-state index contributed by atoms with van der Waals surface area (Å²) < 4.78 is 11.3. The third-order valence-corrected chi connectivity index (χ3v) is 6.31. The van der Waals surface area contributed by atoms with Gasteiger partial charge in [-0.1, -0.05) is 18.2 Å². The van der Waals surface area contributed by atoms with Crippen molar-refractivity contribution in [3.8, 4) is 11.5 Å². The summed E-state index contributed by atoms with van der Waals surface area (Å²) in [6.07, 6.45) is 2.84. The lowest BCUT2D eigenvalue weighted by atomic mass is 10.1. The molecule has 0 aromatic heterocycles. The quantitative estimate of drug-likeness (QED) is 0.514. The highest BCUT2D eigenvalue weighted by molar-refractivity contribution is 8.00. The molecule has 172 valence electrons. The fourth-order valence-corrected chi connectivity index (χ4v) is 4.60. The maximum atomic E-state index is 12.8. The molecule has 0 aliphatic carbocycles. The fourth-order valence-electron chi connectivity index (χ4n) is 3.64. The SMILES string of the molecule is CCOc1ccc(CCNC(=O)c2ccccc2SCC(=O)N2CCCC2)cc1OCC. The van der Waals surface area contributed by atoms with Crippen LogP contribution in [0.15, 0.2) is 47.4 Å². The molecule has 2 aromatic rings. The van der Waals surface area contributed by atoms with Gasteiger partial charge in [0.15, 0.2) is 11.5 Å². The zero-order chi connectivity index (χ0) is 22.8. The summed E-state index contributed by atoms with van der Waals surface area (Å²) in [5, 5.41) is 3.00. The number of nitrogens with zero attached hydrogens (tertiary/aromatic N) is 1. The van der Waals surface area contributed by atoms with E-state index in [1.54, 1.807) is 0 Å². The third-order valence-electron chi connectivity index (χ3n) is 5.25. The van der Waals surface area contributed by atoms with Crippen LogP contribution in [0.3, 0.4) is 0 Å². The number of amides is 2. The number of nitrogens with one attached hydrogen (secondary N) is 1. The predicted octanol–water partition coefficient (Wildman–Crippen LogP) is 4.17. The Bertz CT molecular complexity index is 913. The van der Waals surface area contributed by atoms with Crippen molar-refractivity contribution < 1.29 is 19.1 Å². The average molecular weight is 457 g/mol. The lowest BCUT2D eigenvalue weighted by molar-refractivity contribution is -0.127. The number of carbonyl (C=O) groups is 2. The third kappa shape index (κ3) is 6.66. The molecule has 1 aliphatic heterocycles. The second-order valence-corrected chi connectivity index (χ2v) is 8.54. The highest BCUT2D eigenvalue weighted by Gasteiger charge is 2.19. The van der Waals surface area contributed by atoms with Crippen molar-refractivity contribution in [3.05, 3.63) is 53.6 Å². The smallest absolute Gasteiger partial charge is 0.252 e. The lowest BCUT2D eigenvalue weighted by Crippen LogP contribution is -2.29. The number of hydrogen-bond acceptors (Lipinski definition) is 5. The van der Waals surface area contributed by atoms with Gasteiger partial charge in [-0.05, 0) is 62.9 Å². The van der Waals surface area contributed by atoms with Crippen molar-refractivity contribution in [1.29, 1.82) is 0 Å². The lowest BCUT2D eigenvalue weighted by Gasteiger charge is -2.15. The first kappa shape index (κ1) is 24.0. The second-order valence-electron chi connectivity index (χ2n) is 7.53. The van der Waals surface area contributed by atoms with Crippen LogP contribution >= 0.6 is 11.8 Å². The van der Waals surface area contributed by atoms with Gasteiger partial charge in [-0.2, -0.15) is 0 Å². The summed E-state index contributed by atoms with van der Waals surface area (Å²) in [6, 6.07) is 13.3. The number of likely N-dealkylation sites (tertiary alicyclic amines) is 1. The van der Waals surface area contributed by atoms with Crippen molar-refractivity contribution >= 4 is 23.6 Å². The Labute approximate surface area is 194 Å². The summed E-state index contributed by atoms with van der Waals surface area (Å²) in [7, 11) is 0. The van der Waals surface area contributed by atoms with Crippen molar-refractivity contribution in [2.45, 2.75) is 38.0 Å². The Morgan fingerprint density at radius 1 is 1.00 bits per heavy atom. The molecule has 0 bridgehead atoms. The number of rotatable bonds is 11. The number of ether oxygens (including phenoxy) is 2. The van der Waals surface area contributed by atoms with E-state index in [0.29, 0.717) is 37.5 Å². The Hall–Kier alpha value is -2.67. The summed E-state index contributed by atoms with van der Waals surface area (Å²) in [4.78, 5) is 27.9. The van der Waals surface area contributed by atoms with E-state index in [-0.39, 0.29) is 11.8 Å². The molecule has 3 rings (SSSR count). The molecule has 1 saturated heterocycles. The van der Waals surface area contributed by atoms with Gasteiger partial charge in [0.05, 0.1) is 24.5 Å². The Balaban J connectivity index is 1.55. The molecule has 1 aliphatic rings. The topological polar surface area (TPSA) is 67.9 Å². The van der Waals surface area contributed by atoms with E-state index >= 15 is 0 Å². The molecule has 1 N–H and O–H groups in total. The largest absolute Gasteiger partial charge is 0.490 e. The number of benzene rings is 2. The van der Waals surface area contributed by atoms with Gasteiger partial charge < -0.3 is 19.7 Å². The maximum absolute atomic E-state index is 12.8. The van der Waals surface area contributed by atoms with E-state index in [9.17, 15) is 9.59 Å². The molecule has 32 heavy (non-hydrogen) atoms. The summed E-state index contributed by atoms with van der Waals surface area (Å²) in [5.74, 6) is 1.83. The minimum absolute atomic E-state index is 0.127. The minimum Gasteiger partial charge on any atom is -0.490 e. The summed E-state index contributed by atoms with van der Waals surface area (Å²) >= 11 is 1.43. The van der Waals surface area contributed by atoms with Crippen LogP contribution in [0.25, 0.3) is 0 Å². The van der Waals surface area contributed by atoms with Gasteiger partial charge in [-0.15, -0.1) is 11.8 Å². The molecular formula is C25H32N2O4S. The molecule has 7 heteroatoms. The van der Waals surface area contributed by atoms with Crippen LogP contribution in [0.4, 0.5) is 0 Å². The molecule has 2 aromatic carbocycles. The van der Waals surface area contributed by atoms with Crippen LogP contribution in [-0.4, -0.2) is 55.3 Å². The van der Waals surface area contributed by atoms with Gasteiger partial charge in [0.1, 0.15) is 0 Å². The molecule has 0 atom stereocenters. The first-order chi connectivity index (χ1) is 15.6. The van der Waals surface area contributed by atoms with Crippen LogP contribution in [0, 0.1) is 0 Å². The van der Waals surface area contributed by atoms with Crippen LogP contribution in [0.2, 0.25) is 0 Å². The van der Waals surface area contributed by atoms with Crippen molar-refractivity contribution in [1.82, 2.24) is 10.2 Å². The van der Waals surface area contributed by atoms with Crippen LogP contribution < -0.4 is 14.8 Å². The molecule has 1 fully saturated rings. The summed E-state index contributed by atoms with van der Waals surface area (Å²) in [6.45, 7) is 7.22. The van der Waals surface area contributed by atoms with Crippen molar-refractivity contribution in [3.63, 3.8) is 0 Å². The summed E-state index contributed by atoms with van der Waals surface area (Å²) in [5.41, 5.74) is 1.67. The van der Waals surface area contributed by atoms with Crippen molar-refractivity contribution in [2.24, 2.45) is 0 Å². The molecule has 6 nitrogen and oxygen atoms in total. The van der Waals surface area contributed by atoms with Crippen molar-refractivity contribution in [2.75, 3.05) is 38.6 Å². The fraction of sp³-hybridized carbons (Fsp3) is 0.440. The average Bonchev–Trinajstić information content (AvgIpc) is 3.35. The van der Waals surface area contributed by atoms with Gasteiger partial charge in [0, 0.05) is 24.5 Å². The van der Waals surface area contributed by atoms with E-state index in [1.165, 1.54) is 11.8 Å². The van der Waals surface area contributed by atoms with Gasteiger partial charge >= 0.3 is 0 Å². The Morgan fingerprint density at radius 2 is 1.72 bits per heavy atom. The molecule has 0 radical (unpaired) electrons. The Kier molecular flexibility index (Phi) is 9.28. The monoisotopic (exact) mass is 456 g/mol. The number of carbonyl (C=O) groups excluding carboxylic acids is 2. The van der Waals surface area contributed by atoms with E-state index in [4.69, 9.17) is 9.47 Å². The minimum atomic E-state index is -0.127. The van der Waals surface area contributed by atoms with Gasteiger partial charge in [-0.25, -0.2) is 0 Å². The molecular weight excluding hydrogens is 424 g/mol. The zero-order valence-electron chi connectivity index (χ0n) is 18.9. The molecule has 0 spiro atoms. The van der Waals surface area contributed by atoms with Crippen LogP contribution in [-0.2, 0) is 11.2 Å². The number of hydrogen-bond donors (Lipinski definition) is 1. The van der Waals surface area contributed by atoms with Gasteiger partial charge in [-0.3, -0.25) is 9.59 Å². The Morgan fingerprint density at radius 3 is 2.47 bits per heavy atom. The maximum Gasteiger partial charge on any atom is 0.252 e. The molecule has 0 unspecified atom stereocenters. The molecule has 2 amide bonds. The highest BCUT2D eigenvalue weighted by Crippen LogP contribution is 2.29.